The third-order valence-electron chi connectivity index (χ3n) is 2.84. The summed E-state index contributed by atoms with van der Waals surface area (Å²) in [5.41, 5.74) is -1.79. The van der Waals surface area contributed by atoms with Crippen LogP contribution in [0.4, 0.5) is 8.78 Å². The number of carbonyl (C=O) groups excluding carboxylic acids is 1. The molecule has 0 spiro atoms. The molecule has 1 aromatic heterocycles. The molecule has 0 radical (unpaired) electrons. The van der Waals surface area contributed by atoms with Gasteiger partial charge in [0, 0.05) is 9.61 Å². The summed E-state index contributed by atoms with van der Waals surface area (Å²) in [6, 6.07) is 1.05. The predicted molar refractivity (Wildman–Crippen MR) is 81.4 cm³/mol. The van der Waals surface area contributed by atoms with E-state index in [9.17, 15) is 18.4 Å². The van der Waals surface area contributed by atoms with Gasteiger partial charge in [-0.3, -0.25) is 9.59 Å². The van der Waals surface area contributed by atoms with Crippen LogP contribution in [-0.2, 0) is 5.38 Å². The highest BCUT2D eigenvalue weighted by Gasteiger charge is 2.32. The monoisotopic (exact) mass is 418 g/mol. The van der Waals surface area contributed by atoms with Crippen molar-refractivity contribution in [2.75, 3.05) is 0 Å². The molecule has 0 aliphatic rings. The molecule has 0 saturated heterocycles. The van der Waals surface area contributed by atoms with E-state index in [0.717, 1.165) is 18.9 Å². The van der Waals surface area contributed by atoms with E-state index in [1.54, 1.807) is 22.6 Å². The number of pyridine rings is 1. The van der Waals surface area contributed by atoms with Crippen LogP contribution in [0.2, 0.25) is 0 Å². The molecular weight excluding hydrogens is 404 g/mol. The van der Waals surface area contributed by atoms with Gasteiger partial charge in [0.05, 0.1) is 0 Å². The second kappa shape index (κ2) is 6.84. The molecule has 1 rings (SSSR count). The molecule has 0 atom stereocenters. The van der Waals surface area contributed by atoms with Crippen LogP contribution >= 0.6 is 34.2 Å². The average Bonchev–Trinajstić information content (AvgIpc) is 2.36. The number of nitrogens with one attached hydrogen (secondary N) is 2. The summed E-state index contributed by atoms with van der Waals surface area (Å²) in [6.07, 6.45) is 1.43. The van der Waals surface area contributed by atoms with Crippen molar-refractivity contribution in [1.29, 1.82) is 0 Å². The van der Waals surface area contributed by atoms with Gasteiger partial charge in [0.25, 0.3) is 11.5 Å². The van der Waals surface area contributed by atoms with E-state index < -0.39 is 22.5 Å². The fraction of sp³-hybridized carbons (Fsp3) is 0.500. The molecule has 0 unspecified atom stereocenters. The zero-order valence-electron chi connectivity index (χ0n) is 10.9. The van der Waals surface area contributed by atoms with Crippen molar-refractivity contribution >= 4 is 40.1 Å². The van der Waals surface area contributed by atoms with Crippen LogP contribution in [0.3, 0.4) is 0 Å². The first-order chi connectivity index (χ1) is 9.20. The maximum absolute atomic E-state index is 13.0. The summed E-state index contributed by atoms with van der Waals surface area (Å²) >= 11 is 6.49. The van der Waals surface area contributed by atoms with Gasteiger partial charge < -0.3 is 10.3 Å². The molecule has 0 aliphatic carbocycles. The summed E-state index contributed by atoms with van der Waals surface area (Å²) in [5, 5.41) is -1.00. The molecule has 4 nitrogen and oxygen atoms in total. The molecule has 0 bridgehead atoms. The SMILES string of the molecule is CCC(CC)NC(=O)c1cc(I)c(C(F)(F)Cl)[nH]c1=O. The number of amides is 1. The van der Waals surface area contributed by atoms with Crippen LogP contribution in [0.5, 0.6) is 0 Å². The molecule has 112 valence electrons. The number of hydrogen-bond acceptors (Lipinski definition) is 2. The number of H-pyrrole nitrogens is 1. The van der Waals surface area contributed by atoms with Gasteiger partial charge in [-0.2, -0.15) is 8.78 Å². The van der Waals surface area contributed by atoms with Crippen molar-refractivity contribution in [1.82, 2.24) is 10.3 Å². The van der Waals surface area contributed by atoms with E-state index in [4.69, 9.17) is 11.6 Å². The third-order valence-corrected chi connectivity index (χ3v) is 3.88. The standard InChI is InChI=1S/C12H14ClF2IN2O2/c1-3-6(4-2)17-10(19)7-5-8(16)9(12(13,14)15)18-11(7)20/h5-6H,3-4H2,1-2H3,(H,17,19)(H,18,20). The van der Waals surface area contributed by atoms with Gasteiger partial charge in [-0.05, 0) is 53.1 Å². The minimum absolute atomic E-state index is 0.0249. The number of aromatic nitrogens is 1. The van der Waals surface area contributed by atoms with Crippen LogP contribution in [0.25, 0.3) is 0 Å². The minimum atomic E-state index is -3.68. The number of rotatable bonds is 5. The van der Waals surface area contributed by atoms with Gasteiger partial charge in [-0.1, -0.05) is 13.8 Å². The Hall–Kier alpha value is -0.700. The first-order valence-electron chi connectivity index (χ1n) is 6.01. The highest BCUT2D eigenvalue weighted by molar-refractivity contribution is 14.1. The lowest BCUT2D eigenvalue weighted by Gasteiger charge is -2.15. The molecule has 0 fully saturated rings. The summed E-state index contributed by atoms with van der Waals surface area (Å²) in [6.45, 7) is 3.80. The van der Waals surface area contributed by atoms with E-state index in [0.29, 0.717) is 0 Å². The Kier molecular flexibility index (Phi) is 5.93. The molecule has 0 aromatic carbocycles. The van der Waals surface area contributed by atoms with Crippen molar-refractivity contribution in [3.05, 3.63) is 31.2 Å². The predicted octanol–water partition coefficient (Wildman–Crippen LogP) is 3.19. The van der Waals surface area contributed by atoms with Gasteiger partial charge in [-0.25, -0.2) is 0 Å². The lowest BCUT2D eigenvalue weighted by molar-refractivity contribution is 0.0875. The van der Waals surface area contributed by atoms with Crippen LogP contribution in [0.15, 0.2) is 10.9 Å². The quantitative estimate of drug-likeness (QED) is 0.570. The fourth-order valence-corrected chi connectivity index (χ4v) is 2.73. The highest BCUT2D eigenvalue weighted by atomic mass is 127. The van der Waals surface area contributed by atoms with Crippen LogP contribution < -0.4 is 10.9 Å². The fourth-order valence-electron chi connectivity index (χ4n) is 1.64. The van der Waals surface area contributed by atoms with E-state index in [1.807, 2.05) is 18.8 Å². The molecular formula is C12H14ClF2IN2O2. The summed E-state index contributed by atoms with van der Waals surface area (Å²) in [4.78, 5) is 25.6. The zero-order valence-corrected chi connectivity index (χ0v) is 13.8. The Morgan fingerprint density at radius 2 is 2.05 bits per heavy atom. The number of carbonyl (C=O) groups is 1. The Morgan fingerprint density at radius 1 is 1.50 bits per heavy atom. The van der Waals surface area contributed by atoms with Gasteiger partial charge in [0.1, 0.15) is 11.3 Å². The van der Waals surface area contributed by atoms with Crippen LogP contribution in [-0.4, -0.2) is 16.9 Å². The third kappa shape index (κ3) is 4.15. The molecule has 20 heavy (non-hydrogen) atoms. The van der Waals surface area contributed by atoms with Gasteiger partial charge in [0.15, 0.2) is 0 Å². The molecule has 1 amide bonds. The van der Waals surface area contributed by atoms with Crippen molar-refractivity contribution in [2.45, 2.75) is 38.1 Å². The molecule has 0 saturated carbocycles. The average molecular weight is 419 g/mol. The van der Waals surface area contributed by atoms with Crippen molar-refractivity contribution in [3.8, 4) is 0 Å². The van der Waals surface area contributed by atoms with Gasteiger partial charge in [0.2, 0.25) is 0 Å². The highest BCUT2D eigenvalue weighted by Crippen LogP contribution is 2.33. The second-order valence-electron chi connectivity index (χ2n) is 4.22. The van der Waals surface area contributed by atoms with Gasteiger partial charge in [-0.15, -0.1) is 0 Å². The molecule has 1 heterocycles. The summed E-state index contributed by atoms with van der Waals surface area (Å²) in [5.74, 6) is -0.581. The first-order valence-corrected chi connectivity index (χ1v) is 7.47. The Bertz CT molecular complexity index is 553. The van der Waals surface area contributed by atoms with Crippen molar-refractivity contribution < 1.29 is 13.6 Å². The zero-order chi connectivity index (χ0) is 15.5. The van der Waals surface area contributed by atoms with Gasteiger partial charge >= 0.3 is 5.38 Å². The first kappa shape index (κ1) is 17.4. The number of alkyl halides is 3. The lowest BCUT2D eigenvalue weighted by atomic mass is 10.1. The van der Waals surface area contributed by atoms with E-state index in [-0.39, 0.29) is 15.2 Å². The molecule has 1 aromatic rings. The maximum Gasteiger partial charge on any atom is 0.363 e. The summed E-state index contributed by atoms with van der Waals surface area (Å²) < 4.78 is 26.1. The lowest BCUT2D eigenvalue weighted by Crippen LogP contribution is -2.37. The number of halogens is 4. The van der Waals surface area contributed by atoms with Crippen molar-refractivity contribution in [2.24, 2.45) is 0 Å². The Morgan fingerprint density at radius 3 is 2.50 bits per heavy atom. The van der Waals surface area contributed by atoms with E-state index >= 15 is 0 Å². The normalized spacial score (nSPS) is 11.8. The van der Waals surface area contributed by atoms with Crippen molar-refractivity contribution in [3.63, 3.8) is 0 Å². The number of aromatic amines is 1. The second-order valence-corrected chi connectivity index (χ2v) is 5.86. The molecule has 2 N–H and O–H groups in total. The minimum Gasteiger partial charge on any atom is -0.349 e. The molecule has 0 aliphatic heterocycles. The number of hydrogen-bond donors (Lipinski definition) is 2. The maximum atomic E-state index is 13.0. The van der Waals surface area contributed by atoms with E-state index in [1.165, 1.54) is 0 Å². The Labute approximate surface area is 133 Å². The molecule has 8 heteroatoms. The van der Waals surface area contributed by atoms with E-state index in [2.05, 4.69) is 5.32 Å². The van der Waals surface area contributed by atoms with Crippen LogP contribution in [0.1, 0.15) is 42.7 Å². The topological polar surface area (TPSA) is 62.0 Å². The Balaban J connectivity index is 3.13. The summed E-state index contributed by atoms with van der Waals surface area (Å²) in [7, 11) is 0. The smallest absolute Gasteiger partial charge is 0.349 e. The van der Waals surface area contributed by atoms with Crippen LogP contribution in [0, 0.1) is 3.57 Å². The largest absolute Gasteiger partial charge is 0.363 e.